The highest BCUT2D eigenvalue weighted by molar-refractivity contribution is 7.15. The van der Waals surface area contributed by atoms with Crippen molar-refractivity contribution in [3.63, 3.8) is 0 Å². The number of carbonyl (C=O) groups excluding carboxylic acids is 1. The van der Waals surface area contributed by atoms with Gasteiger partial charge < -0.3 is 10.1 Å². The standard InChI is InChI=1S/C18H19NO2S/c1-21-18(20)17-15(19-14-10-6-3-7-11-14)12-16(22-17)13-8-4-2-5-9-13/h3,6-8,10-12,19H,2,4-5,9H2,1H3. The van der Waals surface area contributed by atoms with Crippen LogP contribution in [-0.4, -0.2) is 13.1 Å². The third-order valence-corrected chi connectivity index (χ3v) is 4.95. The first-order valence-electron chi connectivity index (χ1n) is 7.51. The van der Waals surface area contributed by atoms with Crippen LogP contribution in [0.1, 0.15) is 40.2 Å². The van der Waals surface area contributed by atoms with Crippen LogP contribution in [0.3, 0.4) is 0 Å². The molecule has 1 aromatic heterocycles. The van der Waals surface area contributed by atoms with Crippen LogP contribution in [0.15, 0.2) is 42.5 Å². The van der Waals surface area contributed by atoms with Crippen LogP contribution in [0.2, 0.25) is 0 Å². The number of methoxy groups -OCH3 is 1. The summed E-state index contributed by atoms with van der Waals surface area (Å²) < 4.78 is 4.93. The number of rotatable bonds is 4. The second-order valence-corrected chi connectivity index (χ2v) is 6.36. The Bertz CT molecular complexity index is 688. The van der Waals surface area contributed by atoms with Gasteiger partial charge in [-0.15, -0.1) is 11.3 Å². The molecule has 1 heterocycles. The molecular weight excluding hydrogens is 294 g/mol. The van der Waals surface area contributed by atoms with Crippen molar-refractivity contribution in [2.45, 2.75) is 25.7 Å². The lowest BCUT2D eigenvalue weighted by Gasteiger charge is -2.10. The van der Waals surface area contributed by atoms with Crippen LogP contribution >= 0.6 is 11.3 Å². The summed E-state index contributed by atoms with van der Waals surface area (Å²) in [6.45, 7) is 0. The topological polar surface area (TPSA) is 38.3 Å². The summed E-state index contributed by atoms with van der Waals surface area (Å²) in [5, 5.41) is 3.33. The van der Waals surface area contributed by atoms with Gasteiger partial charge in [0.2, 0.25) is 0 Å². The SMILES string of the molecule is COC(=O)c1sc(C2=CCCCC2)cc1Nc1ccccc1. The largest absolute Gasteiger partial charge is 0.465 e. The summed E-state index contributed by atoms with van der Waals surface area (Å²) in [4.78, 5) is 13.8. The number of para-hydroxylation sites is 1. The van der Waals surface area contributed by atoms with Crippen LogP contribution in [0.5, 0.6) is 0 Å². The molecule has 2 aromatic rings. The van der Waals surface area contributed by atoms with Gasteiger partial charge in [0, 0.05) is 10.6 Å². The Morgan fingerprint density at radius 2 is 2.05 bits per heavy atom. The van der Waals surface area contributed by atoms with Crippen molar-refractivity contribution in [1.82, 2.24) is 0 Å². The molecule has 0 radical (unpaired) electrons. The normalized spacial score (nSPS) is 14.3. The molecule has 0 saturated carbocycles. The zero-order chi connectivity index (χ0) is 15.4. The Morgan fingerprint density at radius 3 is 2.73 bits per heavy atom. The number of anilines is 2. The highest BCUT2D eigenvalue weighted by atomic mass is 32.1. The summed E-state index contributed by atoms with van der Waals surface area (Å²) >= 11 is 1.51. The van der Waals surface area contributed by atoms with Crippen LogP contribution in [0.25, 0.3) is 5.57 Å². The Morgan fingerprint density at radius 1 is 1.23 bits per heavy atom. The van der Waals surface area contributed by atoms with Gasteiger partial charge in [0.1, 0.15) is 4.88 Å². The van der Waals surface area contributed by atoms with Gasteiger partial charge in [-0.05, 0) is 49.5 Å². The van der Waals surface area contributed by atoms with E-state index in [2.05, 4.69) is 17.5 Å². The van der Waals surface area contributed by atoms with E-state index < -0.39 is 0 Å². The van der Waals surface area contributed by atoms with E-state index in [0.29, 0.717) is 4.88 Å². The fourth-order valence-corrected chi connectivity index (χ4v) is 3.73. The summed E-state index contributed by atoms with van der Waals surface area (Å²) in [6, 6.07) is 11.9. The average molecular weight is 313 g/mol. The van der Waals surface area contributed by atoms with Gasteiger partial charge in [-0.2, -0.15) is 0 Å². The number of hydrogen-bond acceptors (Lipinski definition) is 4. The number of carbonyl (C=O) groups is 1. The molecule has 3 nitrogen and oxygen atoms in total. The molecular formula is C18H19NO2S. The average Bonchev–Trinajstić information content (AvgIpc) is 3.00. The van der Waals surface area contributed by atoms with Gasteiger partial charge in [-0.3, -0.25) is 0 Å². The van der Waals surface area contributed by atoms with E-state index in [1.807, 2.05) is 30.3 Å². The van der Waals surface area contributed by atoms with Crippen molar-refractivity contribution in [2.75, 3.05) is 12.4 Å². The second-order valence-electron chi connectivity index (χ2n) is 5.31. The number of benzene rings is 1. The predicted molar refractivity (Wildman–Crippen MR) is 91.8 cm³/mol. The van der Waals surface area contributed by atoms with Gasteiger partial charge in [0.05, 0.1) is 12.8 Å². The van der Waals surface area contributed by atoms with E-state index in [1.54, 1.807) is 0 Å². The second kappa shape index (κ2) is 6.79. The lowest BCUT2D eigenvalue weighted by molar-refractivity contribution is 0.0607. The lowest BCUT2D eigenvalue weighted by Crippen LogP contribution is -2.01. The number of ether oxygens (including phenoxy) is 1. The fourth-order valence-electron chi connectivity index (χ4n) is 2.63. The van der Waals surface area contributed by atoms with Gasteiger partial charge >= 0.3 is 5.97 Å². The molecule has 0 saturated heterocycles. The molecule has 1 aliphatic carbocycles. The molecule has 22 heavy (non-hydrogen) atoms. The van der Waals surface area contributed by atoms with E-state index in [0.717, 1.165) is 24.2 Å². The lowest BCUT2D eigenvalue weighted by atomic mass is 9.98. The Balaban J connectivity index is 1.94. The molecule has 1 aromatic carbocycles. The Labute approximate surface area is 134 Å². The van der Waals surface area contributed by atoms with Crippen molar-refractivity contribution < 1.29 is 9.53 Å². The van der Waals surface area contributed by atoms with Crippen molar-refractivity contribution in [1.29, 1.82) is 0 Å². The number of thiophene rings is 1. The third-order valence-electron chi connectivity index (χ3n) is 3.76. The number of nitrogens with one attached hydrogen (secondary N) is 1. The van der Waals surface area contributed by atoms with Gasteiger partial charge in [-0.1, -0.05) is 24.3 Å². The quantitative estimate of drug-likeness (QED) is 0.785. The van der Waals surface area contributed by atoms with Crippen molar-refractivity contribution in [3.05, 3.63) is 52.2 Å². The minimum absolute atomic E-state index is 0.286. The molecule has 114 valence electrons. The minimum Gasteiger partial charge on any atom is -0.465 e. The molecule has 1 aliphatic rings. The zero-order valence-corrected chi connectivity index (χ0v) is 13.4. The van der Waals surface area contributed by atoms with E-state index in [-0.39, 0.29) is 5.97 Å². The summed E-state index contributed by atoms with van der Waals surface area (Å²) in [6.07, 6.45) is 6.99. The van der Waals surface area contributed by atoms with E-state index in [4.69, 9.17) is 4.74 Å². The maximum Gasteiger partial charge on any atom is 0.350 e. The molecule has 1 N–H and O–H groups in total. The Kier molecular flexibility index (Phi) is 4.59. The summed E-state index contributed by atoms with van der Waals surface area (Å²) in [7, 11) is 1.42. The third kappa shape index (κ3) is 3.22. The molecule has 0 amide bonds. The highest BCUT2D eigenvalue weighted by Gasteiger charge is 2.19. The van der Waals surface area contributed by atoms with Gasteiger partial charge in [0.15, 0.2) is 0 Å². The number of allylic oxidation sites excluding steroid dienone is 2. The van der Waals surface area contributed by atoms with Crippen LogP contribution in [0.4, 0.5) is 11.4 Å². The first-order valence-corrected chi connectivity index (χ1v) is 8.33. The molecule has 0 atom stereocenters. The van der Waals surface area contributed by atoms with Crippen molar-refractivity contribution in [3.8, 4) is 0 Å². The number of esters is 1. The molecule has 3 rings (SSSR count). The first kappa shape index (κ1) is 14.9. The van der Waals surface area contributed by atoms with Gasteiger partial charge in [-0.25, -0.2) is 4.79 Å². The minimum atomic E-state index is -0.286. The van der Waals surface area contributed by atoms with Gasteiger partial charge in [0.25, 0.3) is 0 Å². The Hall–Kier alpha value is -2.07. The first-order chi connectivity index (χ1) is 10.8. The van der Waals surface area contributed by atoms with Crippen LogP contribution < -0.4 is 5.32 Å². The maximum absolute atomic E-state index is 12.0. The highest BCUT2D eigenvalue weighted by Crippen LogP contribution is 2.37. The monoisotopic (exact) mass is 313 g/mol. The molecule has 0 fully saturated rings. The van der Waals surface area contributed by atoms with Crippen LogP contribution in [-0.2, 0) is 4.74 Å². The summed E-state index contributed by atoms with van der Waals surface area (Å²) in [5.74, 6) is -0.286. The number of hydrogen-bond donors (Lipinski definition) is 1. The van der Waals surface area contributed by atoms with Crippen LogP contribution in [0, 0.1) is 0 Å². The van der Waals surface area contributed by atoms with E-state index >= 15 is 0 Å². The zero-order valence-electron chi connectivity index (χ0n) is 12.6. The van der Waals surface area contributed by atoms with Crippen molar-refractivity contribution in [2.24, 2.45) is 0 Å². The predicted octanol–water partition coefficient (Wildman–Crippen LogP) is 5.24. The smallest absolute Gasteiger partial charge is 0.350 e. The molecule has 0 bridgehead atoms. The molecule has 0 aliphatic heterocycles. The van der Waals surface area contributed by atoms with E-state index in [9.17, 15) is 4.79 Å². The summed E-state index contributed by atoms with van der Waals surface area (Å²) in [5.41, 5.74) is 3.14. The molecule has 0 unspecified atom stereocenters. The fraction of sp³-hybridized carbons (Fsp3) is 0.278. The molecule has 0 spiro atoms. The maximum atomic E-state index is 12.0. The van der Waals surface area contributed by atoms with Crippen molar-refractivity contribution >= 4 is 34.3 Å². The van der Waals surface area contributed by atoms with E-state index in [1.165, 1.54) is 41.7 Å². The molecule has 4 heteroatoms.